The fourth-order valence-corrected chi connectivity index (χ4v) is 5.06. The van der Waals surface area contributed by atoms with E-state index >= 15 is 0 Å². The molecule has 2 bridgehead atoms. The lowest BCUT2D eigenvalue weighted by molar-refractivity contribution is 0.0886. The lowest BCUT2D eigenvalue weighted by Gasteiger charge is -2.36. The van der Waals surface area contributed by atoms with Gasteiger partial charge in [-0.25, -0.2) is 0 Å². The molecule has 2 aliphatic heterocycles. The zero-order valence-corrected chi connectivity index (χ0v) is 16.6. The molecule has 144 valence electrons. The van der Waals surface area contributed by atoms with Crippen LogP contribution in [0.15, 0.2) is 35.7 Å². The van der Waals surface area contributed by atoms with Crippen molar-refractivity contribution < 1.29 is 14.3 Å². The summed E-state index contributed by atoms with van der Waals surface area (Å²) in [6.45, 7) is 0.419. The molecule has 27 heavy (non-hydrogen) atoms. The molecule has 1 amide bonds. The van der Waals surface area contributed by atoms with Gasteiger partial charge in [-0.15, -0.1) is 11.3 Å². The van der Waals surface area contributed by atoms with Crippen LogP contribution in [0.25, 0.3) is 0 Å². The van der Waals surface area contributed by atoms with E-state index in [9.17, 15) is 4.79 Å². The highest BCUT2D eigenvalue weighted by atomic mass is 32.1. The maximum absolute atomic E-state index is 12.6. The van der Waals surface area contributed by atoms with Crippen molar-refractivity contribution in [2.45, 2.75) is 50.4 Å². The Morgan fingerprint density at radius 1 is 1.22 bits per heavy atom. The minimum atomic E-state index is 0.0393. The molecule has 1 aromatic carbocycles. The summed E-state index contributed by atoms with van der Waals surface area (Å²) in [5.41, 5.74) is 1.000. The van der Waals surface area contributed by atoms with Gasteiger partial charge in [0.1, 0.15) is 6.61 Å². The van der Waals surface area contributed by atoms with E-state index in [4.69, 9.17) is 9.47 Å². The van der Waals surface area contributed by atoms with Crippen molar-refractivity contribution in [3.05, 3.63) is 46.2 Å². The highest BCUT2D eigenvalue weighted by Crippen LogP contribution is 2.34. The number of benzene rings is 1. The molecule has 5 nitrogen and oxygen atoms in total. The molecule has 2 saturated heterocycles. The first-order valence-corrected chi connectivity index (χ1v) is 10.4. The fourth-order valence-electron chi connectivity index (χ4n) is 4.26. The van der Waals surface area contributed by atoms with Gasteiger partial charge in [0.25, 0.3) is 5.91 Å². The van der Waals surface area contributed by atoms with Crippen molar-refractivity contribution in [2.75, 3.05) is 14.2 Å². The lowest BCUT2D eigenvalue weighted by atomic mass is 9.98. The van der Waals surface area contributed by atoms with E-state index in [0.717, 1.165) is 23.3 Å². The van der Waals surface area contributed by atoms with Crippen LogP contribution in [0, 0.1) is 0 Å². The minimum absolute atomic E-state index is 0.0393. The van der Waals surface area contributed by atoms with Gasteiger partial charge >= 0.3 is 0 Å². The van der Waals surface area contributed by atoms with Gasteiger partial charge < -0.3 is 19.7 Å². The number of methoxy groups -OCH3 is 1. The smallest absolute Gasteiger partial charge is 0.261 e. The molecule has 1 aromatic heterocycles. The molecule has 2 unspecified atom stereocenters. The number of carbonyl (C=O) groups is 1. The average Bonchev–Trinajstić information content (AvgIpc) is 3.22. The van der Waals surface area contributed by atoms with Gasteiger partial charge in [-0.1, -0.05) is 12.1 Å². The SMILES string of the molecule is COc1ccccc1OCc1csc(C(=O)NC2CC3CCC(C2)N3C)c1. The number of amides is 1. The second-order valence-electron chi connectivity index (χ2n) is 7.45. The molecule has 0 aliphatic carbocycles. The molecule has 1 N–H and O–H groups in total. The maximum Gasteiger partial charge on any atom is 0.261 e. The van der Waals surface area contributed by atoms with Gasteiger partial charge in [0.05, 0.1) is 12.0 Å². The molecular weight excluding hydrogens is 360 g/mol. The molecule has 4 rings (SSSR count). The van der Waals surface area contributed by atoms with E-state index in [1.54, 1.807) is 7.11 Å². The number of hydrogen-bond donors (Lipinski definition) is 1. The topological polar surface area (TPSA) is 50.8 Å². The van der Waals surface area contributed by atoms with E-state index < -0.39 is 0 Å². The van der Waals surface area contributed by atoms with Gasteiger partial charge in [-0.3, -0.25) is 4.79 Å². The van der Waals surface area contributed by atoms with Crippen molar-refractivity contribution in [3.63, 3.8) is 0 Å². The Kier molecular flexibility index (Phi) is 5.36. The van der Waals surface area contributed by atoms with Gasteiger partial charge in [-0.05, 0) is 56.3 Å². The summed E-state index contributed by atoms with van der Waals surface area (Å²) in [5.74, 6) is 1.46. The number of fused-ring (bicyclic) bond motifs is 2. The Balaban J connectivity index is 1.33. The Bertz CT molecular complexity index is 792. The summed E-state index contributed by atoms with van der Waals surface area (Å²) in [6, 6.07) is 11.1. The van der Waals surface area contributed by atoms with Crippen molar-refractivity contribution in [1.82, 2.24) is 10.2 Å². The molecule has 2 atom stereocenters. The summed E-state index contributed by atoms with van der Waals surface area (Å²) >= 11 is 1.48. The Morgan fingerprint density at radius 2 is 1.93 bits per heavy atom. The van der Waals surface area contributed by atoms with Gasteiger partial charge in [0.15, 0.2) is 11.5 Å². The monoisotopic (exact) mass is 386 g/mol. The molecule has 0 spiro atoms. The number of hydrogen-bond acceptors (Lipinski definition) is 5. The van der Waals surface area contributed by atoms with E-state index in [1.807, 2.05) is 35.7 Å². The average molecular weight is 387 g/mol. The van der Waals surface area contributed by atoms with Crippen LogP contribution in [0.5, 0.6) is 11.5 Å². The van der Waals surface area contributed by atoms with Crippen LogP contribution in [0.1, 0.15) is 40.9 Å². The molecule has 0 saturated carbocycles. The van der Waals surface area contributed by atoms with Gasteiger partial charge in [-0.2, -0.15) is 0 Å². The van der Waals surface area contributed by atoms with Crippen molar-refractivity contribution in [3.8, 4) is 11.5 Å². The number of carbonyl (C=O) groups excluding carboxylic acids is 1. The second kappa shape index (κ2) is 7.90. The van der Waals surface area contributed by atoms with E-state index in [-0.39, 0.29) is 5.91 Å². The zero-order chi connectivity index (χ0) is 18.8. The number of nitrogens with one attached hydrogen (secondary N) is 1. The van der Waals surface area contributed by atoms with Crippen molar-refractivity contribution >= 4 is 17.2 Å². The third kappa shape index (κ3) is 3.96. The van der Waals surface area contributed by atoms with Crippen LogP contribution in [0.2, 0.25) is 0 Å². The van der Waals surface area contributed by atoms with Crippen LogP contribution in [0.3, 0.4) is 0 Å². The fraction of sp³-hybridized carbons (Fsp3) is 0.476. The second-order valence-corrected chi connectivity index (χ2v) is 8.36. The standard InChI is InChI=1S/C21H26N2O3S/c1-23-16-7-8-17(23)11-15(10-16)22-21(24)20-9-14(13-27-20)12-26-19-6-4-3-5-18(19)25-2/h3-6,9,13,15-17H,7-8,10-12H2,1-2H3,(H,22,24). The highest BCUT2D eigenvalue weighted by Gasteiger charge is 2.38. The van der Waals surface area contributed by atoms with Crippen molar-refractivity contribution in [2.24, 2.45) is 0 Å². The van der Waals surface area contributed by atoms with Crippen molar-refractivity contribution in [1.29, 1.82) is 0 Å². The Hall–Kier alpha value is -2.05. The molecule has 6 heteroatoms. The number of nitrogens with zero attached hydrogens (tertiary/aromatic N) is 1. The highest BCUT2D eigenvalue weighted by molar-refractivity contribution is 7.12. The summed E-state index contributed by atoms with van der Waals surface area (Å²) in [6.07, 6.45) is 4.65. The van der Waals surface area contributed by atoms with Gasteiger partial charge in [0.2, 0.25) is 0 Å². The van der Waals surface area contributed by atoms with Crippen LogP contribution in [0.4, 0.5) is 0 Å². The largest absolute Gasteiger partial charge is 0.493 e. The summed E-state index contributed by atoms with van der Waals surface area (Å²) in [4.78, 5) is 15.9. The maximum atomic E-state index is 12.6. The Labute approximate surface area is 164 Å². The first-order valence-electron chi connectivity index (χ1n) is 9.50. The third-order valence-electron chi connectivity index (χ3n) is 5.77. The number of thiophene rings is 1. The quantitative estimate of drug-likeness (QED) is 0.823. The minimum Gasteiger partial charge on any atom is -0.493 e. The number of rotatable bonds is 6. The molecule has 0 radical (unpaired) electrons. The third-order valence-corrected chi connectivity index (χ3v) is 6.75. The summed E-state index contributed by atoms with van der Waals surface area (Å²) < 4.78 is 11.2. The van der Waals surface area contributed by atoms with E-state index in [0.29, 0.717) is 36.2 Å². The van der Waals surface area contributed by atoms with Crippen LogP contribution < -0.4 is 14.8 Å². The molecule has 2 fully saturated rings. The van der Waals surface area contributed by atoms with E-state index in [1.165, 1.54) is 24.2 Å². The molecular formula is C21H26N2O3S. The summed E-state index contributed by atoms with van der Waals surface area (Å²) in [5, 5.41) is 5.23. The summed E-state index contributed by atoms with van der Waals surface area (Å²) in [7, 11) is 3.85. The normalized spacial score (nSPS) is 24.6. The van der Waals surface area contributed by atoms with Crippen LogP contribution in [-0.4, -0.2) is 43.1 Å². The number of piperidine rings is 1. The number of para-hydroxylation sites is 2. The first-order chi connectivity index (χ1) is 13.1. The van der Waals surface area contributed by atoms with Crippen LogP contribution in [-0.2, 0) is 6.61 Å². The predicted octanol–water partition coefficient (Wildman–Crippen LogP) is 3.69. The van der Waals surface area contributed by atoms with Crippen LogP contribution >= 0.6 is 11.3 Å². The van der Waals surface area contributed by atoms with E-state index in [2.05, 4.69) is 17.3 Å². The Morgan fingerprint density at radius 3 is 2.63 bits per heavy atom. The number of ether oxygens (including phenoxy) is 2. The molecule has 2 aliphatic rings. The lowest BCUT2D eigenvalue weighted by Crippen LogP contribution is -2.48. The molecule has 3 heterocycles. The first kappa shape index (κ1) is 18.3. The molecule has 2 aromatic rings. The predicted molar refractivity (Wildman–Crippen MR) is 107 cm³/mol. The van der Waals surface area contributed by atoms with Gasteiger partial charge in [0, 0.05) is 23.7 Å². The zero-order valence-electron chi connectivity index (χ0n) is 15.8.